The molecular weight excluding hydrogens is 465 g/mol. The number of alkyl carbamates (subject to hydrolysis) is 1. The van der Waals surface area contributed by atoms with Crippen molar-refractivity contribution in [3.05, 3.63) is 65.9 Å². The number of nitrogens with zero attached hydrogens (tertiary/aromatic N) is 3. The van der Waals surface area contributed by atoms with Crippen molar-refractivity contribution in [3.63, 3.8) is 0 Å². The summed E-state index contributed by atoms with van der Waals surface area (Å²) in [7, 11) is 1.50. The number of aromatic nitrogens is 2. The van der Waals surface area contributed by atoms with Gasteiger partial charge in [0.2, 0.25) is 0 Å². The Morgan fingerprint density at radius 2 is 2.00 bits per heavy atom. The van der Waals surface area contributed by atoms with Crippen LogP contribution in [0.2, 0.25) is 0 Å². The number of carbonyl (C=O) groups excluding carboxylic acids is 2. The van der Waals surface area contributed by atoms with Gasteiger partial charge in [0.15, 0.2) is 18.1 Å². The van der Waals surface area contributed by atoms with Crippen molar-refractivity contribution >= 4 is 17.8 Å². The summed E-state index contributed by atoms with van der Waals surface area (Å²) < 4.78 is 23.5. The van der Waals surface area contributed by atoms with Gasteiger partial charge in [-0.1, -0.05) is 17.3 Å². The SMILES string of the molecule is CNC(=O)c1cc(COC(=O)NC2CCC3(CCN(c4ccc(-c5ccc(F)cc5)cn4)C3)C2)on1. The summed E-state index contributed by atoms with van der Waals surface area (Å²) >= 11 is 0. The molecule has 188 valence electrons. The Bertz CT molecular complexity index is 1230. The summed E-state index contributed by atoms with van der Waals surface area (Å²) in [5.74, 6) is 0.609. The van der Waals surface area contributed by atoms with Crippen molar-refractivity contribution in [2.45, 2.75) is 38.3 Å². The number of halogens is 1. The maximum absolute atomic E-state index is 13.2. The molecule has 3 aromatic rings. The Hall–Kier alpha value is -3.95. The summed E-state index contributed by atoms with van der Waals surface area (Å²) in [6, 6.07) is 11.9. The van der Waals surface area contributed by atoms with Crippen molar-refractivity contribution in [3.8, 4) is 11.1 Å². The fourth-order valence-electron chi connectivity index (χ4n) is 5.18. The molecule has 10 heteroatoms. The number of nitrogens with one attached hydrogen (secondary N) is 2. The van der Waals surface area contributed by atoms with Crippen molar-refractivity contribution in [2.75, 3.05) is 25.0 Å². The third kappa shape index (κ3) is 5.17. The fourth-order valence-corrected chi connectivity index (χ4v) is 5.18. The molecule has 1 spiro atoms. The lowest BCUT2D eigenvalue weighted by atomic mass is 9.85. The maximum Gasteiger partial charge on any atom is 0.407 e. The molecule has 9 nitrogen and oxygen atoms in total. The number of anilines is 1. The van der Waals surface area contributed by atoms with E-state index in [0.717, 1.165) is 55.7 Å². The van der Waals surface area contributed by atoms with Crippen LogP contribution in [0.1, 0.15) is 41.9 Å². The zero-order chi connectivity index (χ0) is 25.1. The molecule has 2 unspecified atom stereocenters. The molecule has 2 fully saturated rings. The van der Waals surface area contributed by atoms with Crippen LogP contribution >= 0.6 is 0 Å². The minimum absolute atomic E-state index is 0.0439. The molecule has 0 radical (unpaired) electrons. The van der Waals surface area contributed by atoms with Gasteiger partial charge in [-0.25, -0.2) is 14.2 Å². The number of amides is 2. The molecule has 2 N–H and O–H groups in total. The number of carbonyl (C=O) groups is 2. The van der Waals surface area contributed by atoms with E-state index >= 15 is 0 Å². The van der Waals surface area contributed by atoms with Crippen LogP contribution in [0.15, 0.2) is 53.2 Å². The smallest absolute Gasteiger partial charge is 0.407 e. The van der Waals surface area contributed by atoms with Crippen LogP contribution in [-0.4, -0.2) is 48.3 Å². The number of rotatable bonds is 6. The molecule has 1 saturated heterocycles. The summed E-state index contributed by atoms with van der Waals surface area (Å²) in [6.07, 6.45) is 5.16. The van der Waals surface area contributed by atoms with Gasteiger partial charge in [-0.2, -0.15) is 0 Å². The normalized spacial score (nSPS) is 21.1. The molecule has 36 heavy (non-hydrogen) atoms. The number of benzene rings is 1. The second kappa shape index (κ2) is 9.96. The zero-order valence-electron chi connectivity index (χ0n) is 20.0. The molecular formula is C26H28FN5O4. The first-order valence-electron chi connectivity index (χ1n) is 12.0. The third-order valence-corrected chi connectivity index (χ3v) is 7.08. The van der Waals surface area contributed by atoms with Gasteiger partial charge >= 0.3 is 6.09 Å². The zero-order valence-corrected chi connectivity index (χ0v) is 20.0. The maximum atomic E-state index is 13.2. The average Bonchev–Trinajstić information content (AvgIpc) is 3.64. The quantitative estimate of drug-likeness (QED) is 0.536. The highest BCUT2D eigenvalue weighted by molar-refractivity contribution is 5.91. The molecule has 2 amide bonds. The number of hydrogen-bond acceptors (Lipinski definition) is 7. The topological polar surface area (TPSA) is 110 Å². The van der Waals surface area contributed by atoms with E-state index in [-0.39, 0.29) is 35.5 Å². The number of pyridine rings is 1. The van der Waals surface area contributed by atoms with Crippen molar-refractivity contribution in [1.29, 1.82) is 0 Å². The van der Waals surface area contributed by atoms with Crippen molar-refractivity contribution in [2.24, 2.45) is 5.41 Å². The third-order valence-electron chi connectivity index (χ3n) is 7.08. The lowest BCUT2D eigenvalue weighted by molar-refractivity contribution is 0.0952. The predicted molar refractivity (Wildman–Crippen MR) is 130 cm³/mol. The Morgan fingerprint density at radius 1 is 1.19 bits per heavy atom. The summed E-state index contributed by atoms with van der Waals surface area (Å²) in [5.41, 5.74) is 2.16. The van der Waals surface area contributed by atoms with Gasteiger partial charge in [0.1, 0.15) is 11.6 Å². The Balaban J connectivity index is 1.11. The van der Waals surface area contributed by atoms with E-state index < -0.39 is 6.09 Å². The lowest BCUT2D eigenvalue weighted by Gasteiger charge is -2.25. The Labute approximate surface area is 208 Å². The van der Waals surface area contributed by atoms with Crippen LogP contribution < -0.4 is 15.5 Å². The van der Waals surface area contributed by atoms with Crippen molar-refractivity contribution in [1.82, 2.24) is 20.8 Å². The van der Waals surface area contributed by atoms with E-state index in [9.17, 15) is 14.0 Å². The first kappa shape index (κ1) is 23.8. The van der Waals surface area contributed by atoms with Crippen LogP contribution in [0.3, 0.4) is 0 Å². The van der Waals surface area contributed by atoms with Gasteiger partial charge in [0, 0.05) is 44.0 Å². The van der Waals surface area contributed by atoms with E-state index in [2.05, 4.69) is 25.7 Å². The van der Waals surface area contributed by atoms with Crippen molar-refractivity contribution < 1.29 is 23.2 Å². The van der Waals surface area contributed by atoms with E-state index in [0.29, 0.717) is 5.76 Å². The Morgan fingerprint density at radius 3 is 2.75 bits per heavy atom. The largest absolute Gasteiger partial charge is 0.441 e. The molecule has 1 aromatic carbocycles. The highest BCUT2D eigenvalue weighted by Crippen LogP contribution is 2.46. The van der Waals surface area contributed by atoms with E-state index in [1.165, 1.54) is 25.2 Å². The molecule has 2 aromatic heterocycles. The van der Waals surface area contributed by atoms with Crippen LogP contribution in [0.25, 0.3) is 11.1 Å². The predicted octanol–water partition coefficient (Wildman–Crippen LogP) is 3.91. The lowest BCUT2D eigenvalue weighted by Crippen LogP contribution is -2.35. The minimum Gasteiger partial charge on any atom is -0.441 e. The molecule has 2 atom stereocenters. The minimum atomic E-state index is -0.511. The van der Waals surface area contributed by atoms with E-state index in [1.807, 2.05) is 18.3 Å². The van der Waals surface area contributed by atoms with Gasteiger partial charge < -0.3 is 24.8 Å². The first-order chi connectivity index (χ1) is 17.4. The monoisotopic (exact) mass is 493 g/mol. The first-order valence-corrected chi connectivity index (χ1v) is 12.0. The van der Waals surface area contributed by atoms with Crippen LogP contribution in [0.4, 0.5) is 15.0 Å². The highest BCUT2D eigenvalue weighted by Gasteiger charge is 2.44. The molecule has 2 aliphatic rings. The van der Waals surface area contributed by atoms with Gasteiger partial charge in [-0.05, 0) is 60.9 Å². The standard InChI is InChI=1S/C26H28FN5O4/c1-28-24(33)22-12-21(36-31-22)15-35-25(34)30-20-8-9-26(13-20)10-11-32(16-26)23-7-4-18(14-29-23)17-2-5-19(27)6-3-17/h2-7,12,14,20H,8-11,13,15-16H2,1H3,(H,28,33)(H,30,34). The van der Waals surface area contributed by atoms with Gasteiger partial charge in [-0.15, -0.1) is 0 Å². The molecule has 0 bridgehead atoms. The van der Waals surface area contributed by atoms with E-state index in [4.69, 9.17) is 9.26 Å². The number of ether oxygens (including phenoxy) is 1. The molecule has 3 heterocycles. The molecule has 5 rings (SSSR count). The van der Waals surface area contributed by atoms with Gasteiger partial charge in [-0.3, -0.25) is 4.79 Å². The summed E-state index contributed by atoms with van der Waals surface area (Å²) in [5, 5.41) is 9.07. The molecule has 1 aliphatic heterocycles. The highest BCUT2D eigenvalue weighted by atomic mass is 19.1. The summed E-state index contributed by atoms with van der Waals surface area (Å²) in [4.78, 5) is 30.8. The van der Waals surface area contributed by atoms with Crippen LogP contribution in [0.5, 0.6) is 0 Å². The van der Waals surface area contributed by atoms with Gasteiger partial charge in [0.25, 0.3) is 5.91 Å². The molecule has 1 aliphatic carbocycles. The Kier molecular flexibility index (Phi) is 6.58. The summed E-state index contributed by atoms with van der Waals surface area (Å²) in [6.45, 7) is 1.71. The average molecular weight is 494 g/mol. The van der Waals surface area contributed by atoms with Crippen LogP contribution in [0, 0.1) is 11.2 Å². The second-order valence-corrected chi connectivity index (χ2v) is 9.50. The van der Waals surface area contributed by atoms with E-state index in [1.54, 1.807) is 12.1 Å². The second-order valence-electron chi connectivity index (χ2n) is 9.50. The number of hydrogen-bond donors (Lipinski definition) is 2. The van der Waals surface area contributed by atoms with Gasteiger partial charge in [0.05, 0.1) is 0 Å². The fraction of sp³-hybridized carbons (Fsp3) is 0.385. The molecule has 1 saturated carbocycles. The van der Waals surface area contributed by atoms with Crippen LogP contribution in [-0.2, 0) is 11.3 Å².